The monoisotopic (exact) mass is 398 g/mol. The predicted octanol–water partition coefficient (Wildman–Crippen LogP) is 2.81. The van der Waals surface area contributed by atoms with E-state index in [0.29, 0.717) is 33.0 Å². The Morgan fingerprint density at radius 1 is 1.38 bits per heavy atom. The van der Waals surface area contributed by atoms with Crippen LogP contribution in [-0.2, 0) is 6.54 Å². The number of fused-ring (bicyclic) bond motifs is 1. The van der Waals surface area contributed by atoms with E-state index in [9.17, 15) is 4.39 Å². The molecule has 0 bridgehead atoms. The number of anilines is 1. The normalized spacial score (nSPS) is 11.0. The van der Waals surface area contributed by atoms with Crippen molar-refractivity contribution in [2.45, 2.75) is 6.54 Å². The summed E-state index contributed by atoms with van der Waals surface area (Å²) in [6.45, 7) is 0.472. The van der Waals surface area contributed by atoms with E-state index in [-0.39, 0.29) is 5.82 Å². The predicted molar refractivity (Wildman–Crippen MR) is 86.7 cm³/mol. The molecular formula is C14H12FIN4O. The molecule has 0 aliphatic rings. The van der Waals surface area contributed by atoms with Crippen LogP contribution in [-0.4, -0.2) is 21.6 Å². The Kier molecular flexibility index (Phi) is 3.66. The molecule has 21 heavy (non-hydrogen) atoms. The summed E-state index contributed by atoms with van der Waals surface area (Å²) in [5.41, 5.74) is 8.22. The Hall–Kier alpha value is -1.90. The summed E-state index contributed by atoms with van der Waals surface area (Å²) in [6, 6.07) is 6.80. The van der Waals surface area contributed by atoms with Crippen molar-refractivity contribution in [1.82, 2.24) is 14.5 Å². The van der Waals surface area contributed by atoms with Crippen LogP contribution in [0.5, 0.6) is 5.88 Å². The Morgan fingerprint density at radius 2 is 2.19 bits per heavy atom. The maximum absolute atomic E-state index is 13.8. The molecule has 3 aromatic rings. The van der Waals surface area contributed by atoms with E-state index in [4.69, 9.17) is 10.5 Å². The molecule has 0 saturated heterocycles. The summed E-state index contributed by atoms with van der Waals surface area (Å²) in [5.74, 6) is 0.613. The van der Waals surface area contributed by atoms with Crippen molar-refractivity contribution in [3.8, 4) is 5.88 Å². The number of pyridine rings is 1. The highest BCUT2D eigenvalue weighted by Crippen LogP contribution is 2.24. The summed E-state index contributed by atoms with van der Waals surface area (Å²) in [7, 11) is 1.56. The number of hydrogen-bond donors (Lipinski definition) is 1. The van der Waals surface area contributed by atoms with Crippen LogP contribution in [0, 0.1) is 9.39 Å². The molecule has 0 radical (unpaired) electrons. The lowest BCUT2D eigenvalue weighted by Crippen LogP contribution is -2.05. The minimum Gasteiger partial charge on any atom is -0.481 e. The number of methoxy groups -OCH3 is 1. The fraction of sp³-hybridized carbons (Fsp3) is 0.143. The molecule has 2 N–H and O–H groups in total. The molecule has 2 aromatic heterocycles. The molecule has 0 amide bonds. The smallest absolute Gasteiger partial charge is 0.212 e. The van der Waals surface area contributed by atoms with Gasteiger partial charge < -0.3 is 15.0 Å². The average Bonchev–Trinajstić information content (AvgIpc) is 2.76. The van der Waals surface area contributed by atoms with Crippen molar-refractivity contribution in [2.24, 2.45) is 0 Å². The van der Waals surface area contributed by atoms with Crippen LogP contribution >= 0.6 is 22.6 Å². The second-order valence-corrected chi connectivity index (χ2v) is 5.68. The van der Waals surface area contributed by atoms with Gasteiger partial charge in [0.05, 0.1) is 28.3 Å². The molecular weight excluding hydrogens is 386 g/mol. The largest absolute Gasteiger partial charge is 0.481 e. The van der Waals surface area contributed by atoms with E-state index in [2.05, 4.69) is 9.97 Å². The van der Waals surface area contributed by atoms with Crippen molar-refractivity contribution < 1.29 is 9.13 Å². The lowest BCUT2D eigenvalue weighted by molar-refractivity contribution is 0.397. The molecule has 0 aliphatic carbocycles. The molecule has 1 aromatic carbocycles. The molecule has 108 valence electrons. The maximum atomic E-state index is 13.8. The van der Waals surface area contributed by atoms with Gasteiger partial charge in [0.1, 0.15) is 5.82 Å². The van der Waals surface area contributed by atoms with Crippen molar-refractivity contribution >= 4 is 39.6 Å². The molecule has 0 fully saturated rings. The van der Waals surface area contributed by atoms with Crippen LogP contribution in [0.2, 0.25) is 0 Å². The van der Waals surface area contributed by atoms with Gasteiger partial charge in [-0.15, -0.1) is 0 Å². The van der Waals surface area contributed by atoms with Gasteiger partial charge >= 0.3 is 0 Å². The molecule has 0 saturated carbocycles. The SMILES string of the molecule is COc1ccc(Cn2c(N)nc3cc(I)c(F)cc32)cn1. The van der Waals surface area contributed by atoms with E-state index < -0.39 is 0 Å². The van der Waals surface area contributed by atoms with Gasteiger partial charge in [-0.05, 0) is 34.2 Å². The lowest BCUT2D eigenvalue weighted by atomic mass is 10.2. The first-order chi connectivity index (χ1) is 10.1. The molecule has 0 spiro atoms. The van der Waals surface area contributed by atoms with Gasteiger partial charge in [-0.1, -0.05) is 6.07 Å². The zero-order valence-corrected chi connectivity index (χ0v) is 13.3. The molecule has 0 aliphatic heterocycles. The third kappa shape index (κ3) is 2.65. The maximum Gasteiger partial charge on any atom is 0.212 e. The summed E-state index contributed by atoms with van der Waals surface area (Å²) < 4.78 is 21.1. The number of aromatic nitrogens is 3. The van der Waals surface area contributed by atoms with Gasteiger partial charge in [0.25, 0.3) is 0 Å². The summed E-state index contributed by atoms with van der Waals surface area (Å²) in [6.07, 6.45) is 1.70. The van der Waals surface area contributed by atoms with Gasteiger partial charge in [-0.2, -0.15) is 0 Å². The highest BCUT2D eigenvalue weighted by atomic mass is 127. The van der Waals surface area contributed by atoms with Crippen LogP contribution in [0.3, 0.4) is 0 Å². The summed E-state index contributed by atoms with van der Waals surface area (Å²) in [4.78, 5) is 8.42. The van der Waals surface area contributed by atoms with Crippen LogP contribution in [0.15, 0.2) is 30.5 Å². The Balaban J connectivity index is 2.03. The van der Waals surface area contributed by atoms with Crippen LogP contribution in [0.4, 0.5) is 10.3 Å². The van der Waals surface area contributed by atoms with Gasteiger partial charge in [0.15, 0.2) is 0 Å². The fourth-order valence-corrected chi connectivity index (χ4v) is 2.56. The summed E-state index contributed by atoms with van der Waals surface area (Å²) in [5, 5.41) is 0. The standard InChI is InChI=1S/C14H12FIN4O/c1-21-13-3-2-8(6-18-13)7-20-12-4-9(15)10(16)5-11(12)19-14(20)17/h2-6H,7H2,1H3,(H2,17,19). The average molecular weight is 398 g/mol. The molecule has 2 heterocycles. The Morgan fingerprint density at radius 3 is 2.86 bits per heavy atom. The number of imidazole rings is 1. The first-order valence-electron chi connectivity index (χ1n) is 6.18. The quantitative estimate of drug-likeness (QED) is 0.690. The minimum absolute atomic E-state index is 0.280. The number of nitrogens with two attached hydrogens (primary N) is 1. The molecule has 7 heteroatoms. The number of halogens is 2. The minimum atomic E-state index is -0.280. The van der Waals surface area contributed by atoms with E-state index >= 15 is 0 Å². The number of nitrogen functional groups attached to an aromatic ring is 1. The van der Waals surface area contributed by atoms with Gasteiger partial charge in [0.2, 0.25) is 11.8 Å². The molecule has 0 atom stereocenters. The first-order valence-corrected chi connectivity index (χ1v) is 7.26. The first kappa shape index (κ1) is 14.1. The Labute approximate surface area is 134 Å². The third-order valence-electron chi connectivity index (χ3n) is 3.17. The van der Waals surface area contributed by atoms with E-state index in [1.54, 1.807) is 30.0 Å². The van der Waals surface area contributed by atoms with Crippen molar-refractivity contribution in [1.29, 1.82) is 0 Å². The molecule has 3 rings (SSSR count). The summed E-state index contributed by atoms with van der Waals surface area (Å²) >= 11 is 1.94. The van der Waals surface area contributed by atoms with Crippen molar-refractivity contribution in [3.63, 3.8) is 0 Å². The highest BCUT2D eigenvalue weighted by molar-refractivity contribution is 14.1. The number of benzene rings is 1. The van der Waals surface area contributed by atoms with Crippen LogP contribution < -0.4 is 10.5 Å². The Bertz CT molecular complexity index is 801. The highest BCUT2D eigenvalue weighted by Gasteiger charge is 2.12. The van der Waals surface area contributed by atoms with E-state index in [1.807, 2.05) is 28.7 Å². The van der Waals surface area contributed by atoms with Gasteiger partial charge in [-0.3, -0.25) is 0 Å². The third-order valence-corrected chi connectivity index (χ3v) is 3.99. The van der Waals surface area contributed by atoms with E-state index in [1.165, 1.54) is 6.07 Å². The van der Waals surface area contributed by atoms with E-state index in [0.717, 1.165) is 5.56 Å². The number of nitrogens with zero attached hydrogens (tertiary/aromatic N) is 3. The number of hydrogen-bond acceptors (Lipinski definition) is 4. The van der Waals surface area contributed by atoms with Crippen LogP contribution in [0.1, 0.15) is 5.56 Å². The van der Waals surface area contributed by atoms with Gasteiger partial charge in [-0.25, -0.2) is 14.4 Å². The topological polar surface area (TPSA) is 66.0 Å². The zero-order chi connectivity index (χ0) is 15.0. The van der Waals surface area contributed by atoms with Crippen molar-refractivity contribution in [3.05, 3.63) is 45.4 Å². The molecule has 5 nitrogen and oxygen atoms in total. The fourth-order valence-electron chi connectivity index (χ4n) is 2.11. The second kappa shape index (κ2) is 5.47. The molecule has 0 unspecified atom stereocenters. The lowest BCUT2D eigenvalue weighted by Gasteiger charge is -2.07. The number of rotatable bonds is 3. The number of ether oxygens (including phenoxy) is 1. The van der Waals surface area contributed by atoms with Gasteiger partial charge in [0, 0.05) is 18.3 Å². The zero-order valence-electron chi connectivity index (χ0n) is 11.2. The van der Waals surface area contributed by atoms with Crippen LogP contribution in [0.25, 0.3) is 11.0 Å². The van der Waals surface area contributed by atoms with Crippen molar-refractivity contribution in [2.75, 3.05) is 12.8 Å². The second-order valence-electron chi connectivity index (χ2n) is 4.52.